The number of pyridine rings is 1. The fourth-order valence-corrected chi connectivity index (χ4v) is 5.82. The van der Waals surface area contributed by atoms with Crippen LogP contribution < -0.4 is 10.1 Å². The largest absolute Gasteiger partial charge is 0.497 e. The Hall–Kier alpha value is -1.87. The molecule has 0 atom stereocenters. The first-order chi connectivity index (χ1) is 13.0. The molecule has 3 heterocycles. The van der Waals surface area contributed by atoms with Gasteiger partial charge in [0.25, 0.3) is 0 Å². The van der Waals surface area contributed by atoms with Gasteiger partial charge in [0.1, 0.15) is 10.6 Å². The van der Waals surface area contributed by atoms with Gasteiger partial charge in [0.2, 0.25) is 0 Å². The van der Waals surface area contributed by atoms with Gasteiger partial charge in [-0.05, 0) is 42.7 Å². The minimum Gasteiger partial charge on any atom is -0.497 e. The van der Waals surface area contributed by atoms with E-state index in [0.717, 1.165) is 33.1 Å². The van der Waals surface area contributed by atoms with Gasteiger partial charge in [-0.1, -0.05) is 34.7 Å². The molecule has 140 valence electrons. The number of alkyl halides is 1. The maximum atomic E-state index is 5.22. The van der Waals surface area contributed by atoms with E-state index in [2.05, 4.69) is 53.9 Å². The molecule has 0 spiro atoms. The Balaban J connectivity index is 1.74. The maximum absolute atomic E-state index is 5.22. The molecule has 0 aliphatic carbocycles. The third kappa shape index (κ3) is 3.16. The Kier molecular flexibility index (Phi) is 4.98. The van der Waals surface area contributed by atoms with Crippen LogP contribution in [0.1, 0.15) is 22.4 Å². The molecular formula is C20H21IN4OS. The summed E-state index contributed by atoms with van der Waals surface area (Å²) in [6.07, 6.45) is 0. The molecule has 1 N–H and O–H groups in total. The van der Waals surface area contributed by atoms with Crippen LogP contribution in [-0.4, -0.2) is 21.9 Å². The summed E-state index contributed by atoms with van der Waals surface area (Å²) in [5, 5.41) is 9.46. The molecule has 0 saturated carbocycles. The molecular weight excluding hydrogens is 471 g/mol. The molecule has 0 radical (unpaired) electrons. The molecule has 0 aliphatic heterocycles. The number of ether oxygens (including phenoxy) is 1. The van der Waals surface area contributed by atoms with Crippen molar-refractivity contribution in [3.05, 3.63) is 46.6 Å². The minimum atomic E-state index is 0.717. The zero-order chi connectivity index (χ0) is 19.1. The molecule has 0 bridgehead atoms. The van der Waals surface area contributed by atoms with E-state index in [-0.39, 0.29) is 0 Å². The molecule has 4 rings (SSSR count). The van der Waals surface area contributed by atoms with E-state index in [4.69, 9.17) is 14.8 Å². The molecule has 0 amide bonds. The molecule has 0 aliphatic rings. The Labute approximate surface area is 175 Å². The van der Waals surface area contributed by atoms with E-state index in [1.807, 2.05) is 23.9 Å². The van der Waals surface area contributed by atoms with Crippen LogP contribution in [0.4, 0.5) is 5.82 Å². The molecule has 0 fully saturated rings. The number of nitrogens with zero attached hydrogens (tertiary/aromatic N) is 3. The van der Waals surface area contributed by atoms with Crippen LogP contribution in [0.15, 0.2) is 24.3 Å². The fourth-order valence-electron chi connectivity index (χ4n) is 3.43. The van der Waals surface area contributed by atoms with Crippen LogP contribution >= 0.6 is 33.9 Å². The maximum Gasteiger partial charge on any atom is 0.166 e. The number of rotatable bonds is 5. The molecule has 3 aromatic heterocycles. The van der Waals surface area contributed by atoms with E-state index in [0.29, 0.717) is 0 Å². The lowest BCUT2D eigenvalue weighted by atomic mass is 10.1. The first-order valence-corrected chi connectivity index (χ1v) is 11.1. The highest BCUT2D eigenvalue weighted by atomic mass is 127. The van der Waals surface area contributed by atoms with Crippen molar-refractivity contribution in [2.75, 3.05) is 12.4 Å². The van der Waals surface area contributed by atoms with Crippen LogP contribution in [0.2, 0.25) is 0 Å². The third-order valence-electron chi connectivity index (χ3n) is 4.94. The highest BCUT2D eigenvalue weighted by molar-refractivity contribution is 14.1. The lowest BCUT2D eigenvalue weighted by Gasteiger charge is -2.07. The van der Waals surface area contributed by atoms with Crippen molar-refractivity contribution in [2.45, 2.75) is 24.8 Å². The average Bonchev–Trinajstić information content (AvgIpc) is 3.18. The number of methoxy groups -OCH3 is 1. The minimum absolute atomic E-state index is 0.717. The average molecular weight is 492 g/mol. The van der Waals surface area contributed by atoms with Crippen LogP contribution in [0.5, 0.6) is 5.75 Å². The molecule has 0 saturated heterocycles. The number of aryl methyl sites for hydroxylation is 3. The summed E-state index contributed by atoms with van der Waals surface area (Å²) in [7, 11) is 3.69. The van der Waals surface area contributed by atoms with Gasteiger partial charge in [-0.25, -0.2) is 4.98 Å². The smallest absolute Gasteiger partial charge is 0.166 e. The number of hydrogen-bond acceptors (Lipinski definition) is 5. The van der Waals surface area contributed by atoms with E-state index < -0.39 is 0 Å². The summed E-state index contributed by atoms with van der Waals surface area (Å²) >= 11 is 4.14. The zero-order valence-electron chi connectivity index (χ0n) is 15.8. The van der Waals surface area contributed by atoms with Crippen LogP contribution in [0.3, 0.4) is 0 Å². The summed E-state index contributed by atoms with van der Waals surface area (Å²) in [5.41, 5.74) is 6.14. The normalized spacial score (nSPS) is 11.4. The van der Waals surface area contributed by atoms with E-state index >= 15 is 0 Å². The van der Waals surface area contributed by atoms with E-state index in [1.165, 1.54) is 32.3 Å². The Morgan fingerprint density at radius 2 is 1.96 bits per heavy atom. The van der Waals surface area contributed by atoms with E-state index in [1.54, 1.807) is 18.4 Å². The van der Waals surface area contributed by atoms with Gasteiger partial charge in [-0.2, -0.15) is 5.10 Å². The van der Waals surface area contributed by atoms with Crippen molar-refractivity contribution >= 4 is 60.2 Å². The number of fused-ring (bicyclic) bond motifs is 3. The van der Waals surface area contributed by atoms with Crippen LogP contribution in [-0.2, 0) is 18.0 Å². The Bertz CT molecular complexity index is 1130. The Morgan fingerprint density at radius 1 is 1.22 bits per heavy atom. The van der Waals surface area contributed by atoms with Crippen molar-refractivity contribution in [1.82, 2.24) is 14.8 Å². The van der Waals surface area contributed by atoms with Gasteiger partial charge in [0.05, 0.1) is 17.3 Å². The molecule has 27 heavy (non-hydrogen) atoms. The first kappa shape index (κ1) is 18.5. The predicted molar refractivity (Wildman–Crippen MR) is 121 cm³/mol. The molecule has 7 heteroatoms. The lowest BCUT2D eigenvalue weighted by molar-refractivity contribution is 0.414. The van der Waals surface area contributed by atoms with Crippen molar-refractivity contribution in [2.24, 2.45) is 7.05 Å². The zero-order valence-corrected chi connectivity index (χ0v) is 18.7. The van der Waals surface area contributed by atoms with Crippen molar-refractivity contribution in [1.29, 1.82) is 0 Å². The number of thiophene rings is 1. The highest BCUT2D eigenvalue weighted by Crippen LogP contribution is 2.40. The summed E-state index contributed by atoms with van der Waals surface area (Å²) in [6, 6.07) is 8.09. The highest BCUT2D eigenvalue weighted by Gasteiger charge is 2.20. The SMILES string of the molecule is COc1ccc(CNc2nn(C)c3c2sc2nc(C)c(CI)c(C)c23)cc1. The number of benzene rings is 1. The monoisotopic (exact) mass is 492 g/mol. The van der Waals surface area contributed by atoms with Gasteiger partial charge in [-0.3, -0.25) is 4.68 Å². The molecule has 4 aromatic rings. The van der Waals surface area contributed by atoms with Crippen molar-refractivity contribution in [3.8, 4) is 5.75 Å². The number of hydrogen-bond donors (Lipinski definition) is 1. The Morgan fingerprint density at radius 3 is 2.63 bits per heavy atom. The second-order valence-corrected chi connectivity index (χ2v) is 8.33. The van der Waals surface area contributed by atoms with Gasteiger partial charge in [0, 0.05) is 29.1 Å². The van der Waals surface area contributed by atoms with Crippen molar-refractivity contribution in [3.63, 3.8) is 0 Å². The third-order valence-corrected chi connectivity index (χ3v) is 6.78. The second kappa shape index (κ2) is 7.27. The lowest BCUT2D eigenvalue weighted by Crippen LogP contribution is -2.01. The second-order valence-electron chi connectivity index (χ2n) is 6.57. The van der Waals surface area contributed by atoms with Crippen molar-refractivity contribution < 1.29 is 4.74 Å². The molecule has 0 unspecified atom stereocenters. The van der Waals surface area contributed by atoms with Gasteiger partial charge in [0.15, 0.2) is 5.82 Å². The fraction of sp³-hybridized carbons (Fsp3) is 0.300. The topological polar surface area (TPSA) is 52.0 Å². The number of anilines is 1. The summed E-state index contributed by atoms with van der Waals surface area (Å²) in [4.78, 5) is 5.96. The van der Waals surface area contributed by atoms with Gasteiger partial charge < -0.3 is 10.1 Å². The quantitative estimate of drug-likeness (QED) is 0.301. The number of halogens is 1. The first-order valence-electron chi connectivity index (χ1n) is 8.71. The predicted octanol–water partition coefficient (Wildman–Crippen LogP) is 5.36. The summed E-state index contributed by atoms with van der Waals surface area (Å²) in [5.74, 6) is 1.78. The van der Waals surface area contributed by atoms with Gasteiger partial charge in [-0.15, -0.1) is 11.3 Å². The number of aromatic nitrogens is 3. The van der Waals surface area contributed by atoms with Crippen LogP contribution in [0, 0.1) is 13.8 Å². The standard InChI is InChI=1S/C20H21IN4OS/c1-11-15(9-21)12(2)23-20-16(11)17-18(27-20)19(24-25(17)3)22-10-13-5-7-14(26-4)8-6-13/h5-8H,9-10H2,1-4H3,(H,22,24). The summed E-state index contributed by atoms with van der Waals surface area (Å²) in [6.45, 7) is 5.02. The molecule has 1 aromatic carbocycles. The molecule has 5 nitrogen and oxygen atoms in total. The van der Waals surface area contributed by atoms with Gasteiger partial charge >= 0.3 is 0 Å². The summed E-state index contributed by atoms with van der Waals surface area (Å²) < 4.78 is 9.34. The number of nitrogens with one attached hydrogen (secondary N) is 1. The van der Waals surface area contributed by atoms with E-state index in [9.17, 15) is 0 Å². The van der Waals surface area contributed by atoms with Crippen LogP contribution in [0.25, 0.3) is 20.4 Å².